The van der Waals surface area contributed by atoms with Gasteiger partial charge in [-0.05, 0) is 19.8 Å². The number of hydrogen-bond acceptors (Lipinski definition) is 2. The van der Waals surface area contributed by atoms with Gasteiger partial charge in [0.25, 0.3) is 0 Å². The number of hydrogen-bond donors (Lipinski definition) is 0. The first kappa shape index (κ1) is 6.65. The molecule has 0 radical (unpaired) electrons. The first-order chi connectivity index (χ1) is 5.29. The standard InChI is InChI=1S/C9H10O2/c1-6-7-4-2-3-5-8(7)9(10)11-6/h2,4,6H,3,5H2,1H3. The minimum absolute atomic E-state index is 0.0194. The van der Waals surface area contributed by atoms with Crippen LogP contribution < -0.4 is 0 Å². The second-order valence-electron chi connectivity index (χ2n) is 2.92. The van der Waals surface area contributed by atoms with E-state index in [-0.39, 0.29) is 12.1 Å². The fraction of sp³-hybridized carbons (Fsp3) is 0.444. The Labute approximate surface area is 65.5 Å². The molecular formula is C9H10O2. The highest BCUT2D eigenvalue weighted by Gasteiger charge is 2.29. The van der Waals surface area contributed by atoms with Crippen molar-refractivity contribution in [2.24, 2.45) is 0 Å². The summed E-state index contributed by atoms with van der Waals surface area (Å²) in [4.78, 5) is 11.1. The molecule has 0 amide bonds. The van der Waals surface area contributed by atoms with Crippen LogP contribution in [0, 0.1) is 0 Å². The average Bonchev–Trinajstić information content (AvgIpc) is 2.30. The van der Waals surface area contributed by atoms with E-state index in [4.69, 9.17) is 4.74 Å². The smallest absolute Gasteiger partial charge is 0.335 e. The lowest BCUT2D eigenvalue weighted by atomic mass is 9.97. The Morgan fingerprint density at radius 1 is 1.64 bits per heavy atom. The predicted octanol–water partition coefficient (Wildman–Crippen LogP) is 1.58. The lowest BCUT2D eigenvalue weighted by Crippen LogP contribution is -2.04. The van der Waals surface area contributed by atoms with E-state index in [9.17, 15) is 4.79 Å². The van der Waals surface area contributed by atoms with E-state index in [0.717, 1.165) is 24.0 Å². The van der Waals surface area contributed by atoms with Gasteiger partial charge in [0.05, 0.1) is 0 Å². The average molecular weight is 150 g/mol. The van der Waals surface area contributed by atoms with Gasteiger partial charge in [-0.2, -0.15) is 0 Å². The first-order valence-electron chi connectivity index (χ1n) is 3.89. The monoisotopic (exact) mass is 150 g/mol. The maximum atomic E-state index is 11.1. The van der Waals surface area contributed by atoms with Crippen LogP contribution in [0.25, 0.3) is 0 Å². The largest absolute Gasteiger partial charge is 0.454 e. The zero-order valence-corrected chi connectivity index (χ0v) is 6.46. The third-order valence-electron chi connectivity index (χ3n) is 2.18. The summed E-state index contributed by atoms with van der Waals surface area (Å²) in [6.45, 7) is 1.91. The van der Waals surface area contributed by atoms with Crippen LogP contribution >= 0.6 is 0 Å². The van der Waals surface area contributed by atoms with Crippen LogP contribution in [0.5, 0.6) is 0 Å². The zero-order valence-electron chi connectivity index (χ0n) is 6.46. The van der Waals surface area contributed by atoms with E-state index in [2.05, 4.69) is 6.08 Å². The molecule has 0 fully saturated rings. The molecule has 2 rings (SSSR count). The molecule has 1 unspecified atom stereocenters. The van der Waals surface area contributed by atoms with Gasteiger partial charge in [0.15, 0.2) is 0 Å². The number of esters is 1. The number of carbonyl (C=O) groups excluding carboxylic acids is 1. The van der Waals surface area contributed by atoms with Gasteiger partial charge in [-0.15, -0.1) is 0 Å². The number of ether oxygens (including phenoxy) is 1. The van der Waals surface area contributed by atoms with Gasteiger partial charge in [-0.3, -0.25) is 0 Å². The van der Waals surface area contributed by atoms with Gasteiger partial charge < -0.3 is 4.74 Å². The highest BCUT2D eigenvalue weighted by atomic mass is 16.5. The lowest BCUT2D eigenvalue weighted by Gasteiger charge is -2.05. The third-order valence-corrected chi connectivity index (χ3v) is 2.18. The van der Waals surface area contributed by atoms with Crippen molar-refractivity contribution in [1.82, 2.24) is 0 Å². The van der Waals surface area contributed by atoms with Crippen LogP contribution in [0.4, 0.5) is 0 Å². The van der Waals surface area contributed by atoms with Crippen molar-refractivity contribution >= 4 is 5.97 Å². The third kappa shape index (κ3) is 0.897. The second kappa shape index (κ2) is 2.22. The predicted molar refractivity (Wildman–Crippen MR) is 41.0 cm³/mol. The summed E-state index contributed by atoms with van der Waals surface area (Å²) in [7, 11) is 0. The molecule has 0 spiro atoms. The molecule has 0 saturated heterocycles. The first-order valence-corrected chi connectivity index (χ1v) is 3.89. The fourth-order valence-electron chi connectivity index (χ4n) is 1.58. The Morgan fingerprint density at radius 3 is 3.18 bits per heavy atom. The molecule has 2 heteroatoms. The summed E-state index contributed by atoms with van der Waals surface area (Å²) in [6.07, 6.45) is 5.91. The lowest BCUT2D eigenvalue weighted by molar-refractivity contribution is -0.139. The quantitative estimate of drug-likeness (QED) is 0.490. The molecule has 1 aliphatic carbocycles. The molecule has 2 nitrogen and oxygen atoms in total. The van der Waals surface area contributed by atoms with Gasteiger partial charge in [0.1, 0.15) is 6.10 Å². The van der Waals surface area contributed by atoms with Crippen LogP contribution in [0.15, 0.2) is 23.3 Å². The number of carbonyl (C=O) groups is 1. The minimum atomic E-state index is -0.114. The van der Waals surface area contributed by atoms with Gasteiger partial charge in [0, 0.05) is 11.1 Å². The van der Waals surface area contributed by atoms with E-state index < -0.39 is 0 Å². The highest BCUT2D eigenvalue weighted by molar-refractivity contribution is 5.93. The van der Waals surface area contributed by atoms with Crippen molar-refractivity contribution in [2.75, 3.05) is 0 Å². The van der Waals surface area contributed by atoms with Crippen molar-refractivity contribution in [1.29, 1.82) is 0 Å². The molecule has 1 atom stereocenters. The molecule has 11 heavy (non-hydrogen) atoms. The summed E-state index contributed by atoms with van der Waals surface area (Å²) < 4.78 is 5.04. The van der Waals surface area contributed by atoms with Crippen molar-refractivity contribution < 1.29 is 9.53 Å². The Morgan fingerprint density at radius 2 is 2.45 bits per heavy atom. The normalized spacial score (nSPS) is 28.8. The van der Waals surface area contributed by atoms with Crippen molar-refractivity contribution in [3.05, 3.63) is 23.3 Å². The van der Waals surface area contributed by atoms with Gasteiger partial charge in [-0.25, -0.2) is 4.79 Å². The summed E-state index contributed by atoms with van der Waals surface area (Å²) in [5.74, 6) is -0.114. The van der Waals surface area contributed by atoms with E-state index in [0.29, 0.717) is 0 Å². The van der Waals surface area contributed by atoms with Crippen LogP contribution in [-0.4, -0.2) is 12.1 Å². The fourth-order valence-corrected chi connectivity index (χ4v) is 1.58. The minimum Gasteiger partial charge on any atom is -0.454 e. The van der Waals surface area contributed by atoms with Crippen molar-refractivity contribution in [3.8, 4) is 0 Å². The van der Waals surface area contributed by atoms with Crippen LogP contribution in [0.3, 0.4) is 0 Å². The van der Waals surface area contributed by atoms with Crippen molar-refractivity contribution in [3.63, 3.8) is 0 Å². The van der Waals surface area contributed by atoms with E-state index >= 15 is 0 Å². The molecule has 0 N–H and O–H groups in total. The molecular weight excluding hydrogens is 140 g/mol. The molecule has 1 aliphatic heterocycles. The number of cyclic esters (lactones) is 1. The van der Waals surface area contributed by atoms with E-state index in [1.165, 1.54) is 0 Å². The number of rotatable bonds is 0. The maximum absolute atomic E-state index is 11.1. The summed E-state index contributed by atoms with van der Waals surface area (Å²) in [5.41, 5.74) is 1.97. The topological polar surface area (TPSA) is 26.3 Å². The van der Waals surface area contributed by atoms with Crippen LogP contribution in [-0.2, 0) is 9.53 Å². The van der Waals surface area contributed by atoms with Crippen molar-refractivity contribution in [2.45, 2.75) is 25.9 Å². The molecule has 0 aromatic carbocycles. The zero-order chi connectivity index (χ0) is 7.84. The van der Waals surface area contributed by atoms with Gasteiger partial charge in [0.2, 0.25) is 0 Å². The molecule has 0 aromatic rings. The summed E-state index contributed by atoms with van der Waals surface area (Å²) >= 11 is 0. The molecule has 0 saturated carbocycles. The van der Waals surface area contributed by atoms with E-state index in [1.807, 2.05) is 13.0 Å². The molecule has 0 aromatic heterocycles. The number of allylic oxidation sites excluding steroid dienone is 1. The van der Waals surface area contributed by atoms with E-state index in [1.54, 1.807) is 0 Å². The summed E-state index contributed by atoms with van der Waals surface area (Å²) in [6, 6.07) is 0. The maximum Gasteiger partial charge on any atom is 0.335 e. The van der Waals surface area contributed by atoms with Crippen LogP contribution in [0.1, 0.15) is 19.8 Å². The summed E-state index contributed by atoms with van der Waals surface area (Å²) in [5, 5.41) is 0. The Balaban J connectivity index is 2.41. The Hall–Kier alpha value is -1.05. The molecule has 1 heterocycles. The highest BCUT2D eigenvalue weighted by Crippen LogP contribution is 2.29. The molecule has 0 bridgehead atoms. The Bertz CT molecular complexity index is 261. The molecule has 2 aliphatic rings. The molecule has 58 valence electrons. The Kier molecular flexibility index (Phi) is 1.34. The van der Waals surface area contributed by atoms with Gasteiger partial charge in [-0.1, -0.05) is 12.2 Å². The van der Waals surface area contributed by atoms with Gasteiger partial charge >= 0.3 is 5.97 Å². The second-order valence-corrected chi connectivity index (χ2v) is 2.92. The SMILES string of the molecule is CC1OC(=O)C2=C1C=CCC2. The van der Waals surface area contributed by atoms with Crippen LogP contribution in [0.2, 0.25) is 0 Å².